The van der Waals surface area contributed by atoms with Crippen LogP contribution < -0.4 is 0 Å². The summed E-state index contributed by atoms with van der Waals surface area (Å²) in [6.07, 6.45) is 3.47. The molecule has 0 aromatic rings. The number of hydrogen-bond acceptors (Lipinski definition) is 2. The van der Waals surface area contributed by atoms with Crippen LogP contribution >= 0.6 is 0 Å². The molecule has 2 atom stereocenters. The molecule has 1 fully saturated rings. The highest BCUT2D eigenvalue weighted by molar-refractivity contribution is 5.80. The molecule has 1 rings (SSSR count). The molecule has 0 bridgehead atoms. The van der Waals surface area contributed by atoms with Crippen molar-refractivity contribution in [2.75, 3.05) is 0 Å². The Kier molecular flexibility index (Phi) is 3.12. The summed E-state index contributed by atoms with van der Waals surface area (Å²) in [5.74, 6) is 0.589. The summed E-state index contributed by atoms with van der Waals surface area (Å²) in [4.78, 5) is 11.5. The van der Waals surface area contributed by atoms with Crippen molar-refractivity contribution in [3.8, 4) is 0 Å². The first-order chi connectivity index (χ1) is 5.93. The third-order valence-corrected chi connectivity index (χ3v) is 3.21. The zero-order valence-electron chi connectivity index (χ0n) is 8.84. The van der Waals surface area contributed by atoms with E-state index in [2.05, 4.69) is 0 Å². The largest absolute Gasteiger partial charge is 0.390 e. The van der Waals surface area contributed by atoms with Crippen molar-refractivity contribution in [2.24, 2.45) is 11.8 Å². The number of carbonyl (C=O) groups excluding carboxylic acids is 1. The lowest BCUT2D eigenvalue weighted by molar-refractivity contribution is -0.124. The summed E-state index contributed by atoms with van der Waals surface area (Å²) in [6, 6.07) is 0. The lowest BCUT2D eigenvalue weighted by Gasteiger charge is -2.25. The number of Topliss-reactive ketones (excluding diaryl/α,β-unsaturated/α-hetero) is 1. The van der Waals surface area contributed by atoms with Crippen molar-refractivity contribution in [3.63, 3.8) is 0 Å². The Labute approximate surface area is 80.3 Å². The molecule has 2 unspecified atom stereocenters. The highest BCUT2D eigenvalue weighted by atomic mass is 16.3. The second kappa shape index (κ2) is 3.79. The predicted octanol–water partition coefficient (Wildman–Crippen LogP) is 2.15. The Balaban J connectivity index is 2.50. The van der Waals surface area contributed by atoms with Gasteiger partial charge in [0, 0.05) is 12.3 Å². The molecular weight excluding hydrogens is 164 g/mol. The van der Waals surface area contributed by atoms with E-state index in [1.165, 1.54) is 0 Å². The third-order valence-electron chi connectivity index (χ3n) is 3.21. The standard InChI is InChI=1S/C11H20O2/c1-8(2)10(12)7-9-5-4-6-11(9,3)13/h8-9,13H,4-7H2,1-3H3. The van der Waals surface area contributed by atoms with Crippen LogP contribution in [0, 0.1) is 11.8 Å². The van der Waals surface area contributed by atoms with Gasteiger partial charge in [-0.1, -0.05) is 20.3 Å². The van der Waals surface area contributed by atoms with E-state index < -0.39 is 5.60 Å². The van der Waals surface area contributed by atoms with Gasteiger partial charge >= 0.3 is 0 Å². The first-order valence-corrected chi connectivity index (χ1v) is 5.18. The van der Waals surface area contributed by atoms with E-state index in [9.17, 15) is 9.90 Å². The Morgan fingerprint density at radius 3 is 2.62 bits per heavy atom. The fourth-order valence-corrected chi connectivity index (χ4v) is 2.02. The van der Waals surface area contributed by atoms with Crippen LogP contribution in [0.2, 0.25) is 0 Å². The van der Waals surface area contributed by atoms with Gasteiger partial charge in [0.15, 0.2) is 0 Å². The molecule has 1 aliphatic carbocycles. The normalized spacial score (nSPS) is 34.1. The smallest absolute Gasteiger partial charge is 0.135 e. The number of carbonyl (C=O) groups is 1. The molecule has 1 aliphatic rings. The van der Waals surface area contributed by atoms with Gasteiger partial charge in [0.2, 0.25) is 0 Å². The molecule has 0 radical (unpaired) electrons. The Bertz CT molecular complexity index is 194. The molecule has 1 saturated carbocycles. The summed E-state index contributed by atoms with van der Waals surface area (Å²) in [5, 5.41) is 9.93. The second-order valence-electron chi connectivity index (χ2n) is 4.77. The fourth-order valence-electron chi connectivity index (χ4n) is 2.02. The summed E-state index contributed by atoms with van der Waals surface area (Å²) < 4.78 is 0. The lowest BCUT2D eigenvalue weighted by atomic mass is 9.86. The number of hydrogen-bond donors (Lipinski definition) is 1. The van der Waals surface area contributed by atoms with Crippen LogP contribution in [0.1, 0.15) is 46.5 Å². The van der Waals surface area contributed by atoms with Crippen LogP contribution in [0.5, 0.6) is 0 Å². The molecule has 0 spiro atoms. The monoisotopic (exact) mass is 184 g/mol. The number of aliphatic hydroxyl groups is 1. The third kappa shape index (κ3) is 2.53. The Morgan fingerprint density at radius 2 is 2.23 bits per heavy atom. The number of rotatable bonds is 3. The van der Waals surface area contributed by atoms with Gasteiger partial charge in [-0.05, 0) is 25.7 Å². The van der Waals surface area contributed by atoms with E-state index in [-0.39, 0.29) is 17.6 Å². The van der Waals surface area contributed by atoms with Crippen molar-refractivity contribution in [1.82, 2.24) is 0 Å². The van der Waals surface area contributed by atoms with Gasteiger partial charge in [0.25, 0.3) is 0 Å². The SMILES string of the molecule is CC(C)C(=O)CC1CCCC1(C)O. The average molecular weight is 184 g/mol. The number of ketones is 1. The highest BCUT2D eigenvalue weighted by Gasteiger charge is 2.37. The highest BCUT2D eigenvalue weighted by Crippen LogP contribution is 2.37. The van der Waals surface area contributed by atoms with Crippen LogP contribution in [0.25, 0.3) is 0 Å². The molecule has 1 N–H and O–H groups in total. The zero-order chi connectivity index (χ0) is 10.1. The van der Waals surface area contributed by atoms with Crippen LogP contribution in [0.4, 0.5) is 0 Å². The van der Waals surface area contributed by atoms with Gasteiger partial charge in [-0.15, -0.1) is 0 Å². The van der Waals surface area contributed by atoms with Crippen molar-refractivity contribution in [3.05, 3.63) is 0 Å². The second-order valence-corrected chi connectivity index (χ2v) is 4.77. The maximum absolute atomic E-state index is 11.5. The van der Waals surface area contributed by atoms with E-state index in [4.69, 9.17) is 0 Å². The zero-order valence-corrected chi connectivity index (χ0v) is 8.84. The lowest BCUT2D eigenvalue weighted by Crippen LogP contribution is -2.31. The summed E-state index contributed by atoms with van der Waals surface area (Å²) in [7, 11) is 0. The van der Waals surface area contributed by atoms with E-state index in [0.29, 0.717) is 6.42 Å². The van der Waals surface area contributed by atoms with Gasteiger partial charge < -0.3 is 5.11 Å². The van der Waals surface area contributed by atoms with Crippen molar-refractivity contribution >= 4 is 5.78 Å². The van der Waals surface area contributed by atoms with Gasteiger partial charge in [-0.25, -0.2) is 0 Å². The minimum absolute atomic E-state index is 0.108. The molecular formula is C11H20O2. The van der Waals surface area contributed by atoms with Gasteiger partial charge in [0.1, 0.15) is 5.78 Å². The molecule has 2 heteroatoms. The molecule has 2 nitrogen and oxygen atoms in total. The molecule has 76 valence electrons. The van der Waals surface area contributed by atoms with Crippen LogP contribution in [0.15, 0.2) is 0 Å². The average Bonchev–Trinajstić information content (AvgIpc) is 2.30. The predicted molar refractivity (Wildman–Crippen MR) is 52.4 cm³/mol. The first kappa shape index (κ1) is 10.7. The summed E-state index contributed by atoms with van der Waals surface area (Å²) >= 11 is 0. The van der Waals surface area contributed by atoms with Crippen LogP contribution in [-0.2, 0) is 4.79 Å². The molecule has 0 aromatic carbocycles. The molecule has 13 heavy (non-hydrogen) atoms. The minimum Gasteiger partial charge on any atom is -0.390 e. The Morgan fingerprint density at radius 1 is 1.62 bits per heavy atom. The molecule has 0 aliphatic heterocycles. The van der Waals surface area contributed by atoms with Crippen molar-refractivity contribution < 1.29 is 9.90 Å². The fraction of sp³-hybridized carbons (Fsp3) is 0.909. The van der Waals surface area contributed by atoms with E-state index in [1.54, 1.807) is 0 Å². The van der Waals surface area contributed by atoms with E-state index in [1.807, 2.05) is 20.8 Å². The molecule has 0 amide bonds. The van der Waals surface area contributed by atoms with Crippen LogP contribution in [0.3, 0.4) is 0 Å². The van der Waals surface area contributed by atoms with Gasteiger partial charge in [-0.3, -0.25) is 4.79 Å². The summed E-state index contributed by atoms with van der Waals surface area (Å²) in [6.45, 7) is 5.70. The first-order valence-electron chi connectivity index (χ1n) is 5.18. The van der Waals surface area contributed by atoms with Crippen molar-refractivity contribution in [2.45, 2.75) is 52.1 Å². The van der Waals surface area contributed by atoms with Crippen molar-refractivity contribution in [1.29, 1.82) is 0 Å². The summed E-state index contributed by atoms with van der Waals surface area (Å²) in [5.41, 5.74) is -0.593. The van der Waals surface area contributed by atoms with E-state index in [0.717, 1.165) is 19.3 Å². The quantitative estimate of drug-likeness (QED) is 0.729. The van der Waals surface area contributed by atoms with E-state index >= 15 is 0 Å². The minimum atomic E-state index is -0.593. The molecule has 0 aromatic heterocycles. The van der Waals surface area contributed by atoms with Gasteiger partial charge in [0.05, 0.1) is 5.60 Å². The van der Waals surface area contributed by atoms with Gasteiger partial charge in [-0.2, -0.15) is 0 Å². The maximum Gasteiger partial charge on any atom is 0.135 e. The molecule has 0 saturated heterocycles. The van der Waals surface area contributed by atoms with Crippen LogP contribution in [-0.4, -0.2) is 16.5 Å². The topological polar surface area (TPSA) is 37.3 Å². The Hall–Kier alpha value is -0.370. The molecule has 0 heterocycles. The maximum atomic E-state index is 11.5.